The van der Waals surface area contributed by atoms with Crippen molar-refractivity contribution >= 4 is 29.1 Å². The first-order valence-electron chi connectivity index (χ1n) is 8.09. The minimum atomic E-state index is -0.0658. The van der Waals surface area contributed by atoms with Crippen LogP contribution in [0.3, 0.4) is 0 Å². The third-order valence-corrected chi connectivity index (χ3v) is 3.87. The maximum absolute atomic E-state index is 12.8. The molecule has 6 nitrogen and oxygen atoms in total. The van der Waals surface area contributed by atoms with E-state index in [0.717, 1.165) is 5.69 Å². The van der Waals surface area contributed by atoms with E-state index < -0.39 is 0 Å². The summed E-state index contributed by atoms with van der Waals surface area (Å²) < 4.78 is 1.69. The number of nitrogens with one attached hydrogen (secondary N) is 2. The van der Waals surface area contributed by atoms with Gasteiger partial charge < -0.3 is 15.5 Å². The largest absolute Gasteiger partial charge is 0.363 e. The van der Waals surface area contributed by atoms with E-state index in [2.05, 4.69) is 15.7 Å². The molecule has 7 heteroatoms. The van der Waals surface area contributed by atoms with Gasteiger partial charge in [-0.3, -0.25) is 4.79 Å². The number of hydrogen-bond donors (Lipinski definition) is 2. The molecule has 0 bridgehead atoms. The highest BCUT2D eigenvalue weighted by molar-refractivity contribution is 7.80. The summed E-state index contributed by atoms with van der Waals surface area (Å²) in [5.41, 5.74) is 1.36. The van der Waals surface area contributed by atoms with E-state index in [1.54, 1.807) is 15.8 Å². The van der Waals surface area contributed by atoms with E-state index in [4.69, 9.17) is 12.2 Å². The monoisotopic (exact) mass is 345 g/mol. The Morgan fingerprint density at radius 2 is 1.88 bits per heavy atom. The molecule has 1 aromatic carbocycles. The van der Waals surface area contributed by atoms with Crippen LogP contribution in [0.4, 0.5) is 5.82 Å². The number of amides is 1. The first-order valence-corrected chi connectivity index (χ1v) is 8.50. The molecule has 0 radical (unpaired) electrons. The molecule has 1 aromatic heterocycles. The van der Waals surface area contributed by atoms with Crippen LogP contribution in [-0.2, 0) is 0 Å². The Balaban J connectivity index is 2.46. The number of aromatic nitrogens is 2. The highest BCUT2D eigenvalue weighted by Gasteiger charge is 2.22. The number of anilines is 1. The minimum Gasteiger partial charge on any atom is -0.363 e. The van der Waals surface area contributed by atoms with Gasteiger partial charge in [0.05, 0.1) is 11.9 Å². The molecule has 0 unspecified atom stereocenters. The number of hydrogen-bond acceptors (Lipinski definition) is 3. The number of para-hydroxylation sites is 1. The number of thiocarbonyl (C=S) groups is 1. The van der Waals surface area contributed by atoms with Gasteiger partial charge in [0.1, 0.15) is 11.4 Å². The Hall–Kier alpha value is -2.41. The molecule has 24 heavy (non-hydrogen) atoms. The second kappa shape index (κ2) is 8.44. The lowest BCUT2D eigenvalue weighted by atomic mass is 10.2. The molecule has 0 spiro atoms. The number of rotatable bonds is 6. The molecule has 0 fully saturated rings. The molecule has 2 rings (SSSR count). The van der Waals surface area contributed by atoms with Crippen molar-refractivity contribution in [3.63, 3.8) is 0 Å². The van der Waals surface area contributed by atoms with Gasteiger partial charge >= 0.3 is 0 Å². The molecule has 1 amide bonds. The molecule has 2 N–H and O–H groups in total. The zero-order valence-corrected chi connectivity index (χ0v) is 15.1. The molecule has 128 valence electrons. The van der Waals surface area contributed by atoms with Crippen LogP contribution in [-0.4, -0.2) is 45.3 Å². The van der Waals surface area contributed by atoms with Crippen LogP contribution >= 0.6 is 12.2 Å². The van der Waals surface area contributed by atoms with Crippen molar-refractivity contribution in [1.82, 2.24) is 20.0 Å². The fraction of sp³-hybridized carbons (Fsp3) is 0.353. The maximum Gasteiger partial charge on any atom is 0.259 e. The number of carbonyl (C=O) groups is 1. The Morgan fingerprint density at radius 1 is 1.21 bits per heavy atom. The van der Waals surface area contributed by atoms with Crippen LogP contribution in [0.1, 0.15) is 31.1 Å². The Morgan fingerprint density at radius 3 is 2.46 bits per heavy atom. The van der Waals surface area contributed by atoms with Crippen LogP contribution in [0.2, 0.25) is 0 Å². The molecule has 0 atom stereocenters. The standard InChI is InChI=1S/C17H23N5OS/c1-4-18-17(24)20-15-14(16(23)21(5-2)6-3)12-19-22(15)13-10-8-7-9-11-13/h7-12H,4-6H2,1-3H3,(H2,18,20,24). The average Bonchev–Trinajstić information content (AvgIpc) is 3.00. The fourth-order valence-corrected chi connectivity index (χ4v) is 2.62. The van der Waals surface area contributed by atoms with Crippen LogP contribution < -0.4 is 10.6 Å². The van der Waals surface area contributed by atoms with E-state index in [-0.39, 0.29) is 5.91 Å². The summed E-state index contributed by atoms with van der Waals surface area (Å²) in [5, 5.41) is 11.0. The quantitative estimate of drug-likeness (QED) is 0.788. The van der Waals surface area contributed by atoms with Gasteiger partial charge in [0.25, 0.3) is 5.91 Å². The Bertz CT molecular complexity index is 694. The second-order valence-electron chi connectivity index (χ2n) is 5.12. The lowest BCUT2D eigenvalue weighted by Gasteiger charge is -2.19. The summed E-state index contributed by atoms with van der Waals surface area (Å²) in [6, 6.07) is 9.65. The SMILES string of the molecule is CCNC(=S)Nc1c(C(=O)N(CC)CC)cnn1-c1ccccc1. The third kappa shape index (κ3) is 3.91. The summed E-state index contributed by atoms with van der Waals surface area (Å²) in [6.45, 7) is 7.86. The van der Waals surface area contributed by atoms with Crippen molar-refractivity contribution in [2.75, 3.05) is 25.0 Å². The first kappa shape index (κ1) is 17.9. The van der Waals surface area contributed by atoms with E-state index >= 15 is 0 Å². The summed E-state index contributed by atoms with van der Waals surface area (Å²) in [5.74, 6) is 0.507. The van der Waals surface area contributed by atoms with Gasteiger partial charge in [0.2, 0.25) is 0 Å². The summed E-state index contributed by atoms with van der Waals surface area (Å²) in [6.07, 6.45) is 1.59. The molecule has 0 aliphatic rings. The lowest BCUT2D eigenvalue weighted by molar-refractivity contribution is 0.0774. The predicted molar refractivity (Wildman–Crippen MR) is 101 cm³/mol. The molecule has 0 aliphatic heterocycles. The van der Waals surface area contributed by atoms with Crippen LogP contribution in [0, 0.1) is 0 Å². The van der Waals surface area contributed by atoms with Gasteiger partial charge in [-0.2, -0.15) is 5.10 Å². The second-order valence-corrected chi connectivity index (χ2v) is 5.52. The van der Waals surface area contributed by atoms with Gasteiger partial charge in [-0.1, -0.05) is 18.2 Å². The highest BCUT2D eigenvalue weighted by atomic mass is 32.1. The summed E-state index contributed by atoms with van der Waals surface area (Å²) >= 11 is 5.29. The number of benzene rings is 1. The van der Waals surface area contributed by atoms with Gasteiger partial charge in [0, 0.05) is 19.6 Å². The van der Waals surface area contributed by atoms with Crippen molar-refractivity contribution in [3.8, 4) is 5.69 Å². The number of carbonyl (C=O) groups excluding carboxylic acids is 1. The van der Waals surface area contributed by atoms with Gasteiger partial charge in [-0.15, -0.1) is 0 Å². The van der Waals surface area contributed by atoms with Crippen molar-refractivity contribution in [2.24, 2.45) is 0 Å². The third-order valence-electron chi connectivity index (χ3n) is 3.62. The Kier molecular flexibility index (Phi) is 6.31. The fourth-order valence-electron chi connectivity index (χ4n) is 2.38. The minimum absolute atomic E-state index is 0.0658. The summed E-state index contributed by atoms with van der Waals surface area (Å²) in [7, 11) is 0. The lowest BCUT2D eigenvalue weighted by Crippen LogP contribution is -2.33. The molecular weight excluding hydrogens is 322 g/mol. The van der Waals surface area contributed by atoms with Crippen molar-refractivity contribution < 1.29 is 4.79 Å². The van der Waals surface area contributed by atoms with Gasteiger partial charge in [-0.05, 0) is 45.1 Å². The summed E-state index contributed by atoms with van der Waals surface area (Å²) in [4.78, 5) is 14.5. The first-order chi connectivity index (χ1) is 11.6. The molecule has 0 saturated carbocycles. The van der Waals surface area contributed by atoms with E-state index in [1.807, 2.05) is 51.1 Å². The smallest absolute Gasteiger partial charge is 0.259 e. The zero-order valence-electron chi connectivity index (χ0n) is 14.2. The van der Waals surface area contributed by atoms with Gasteiger partial charge in [0.15, 0.2) is 5.11 Å². The van der Waals surface area contributed by atoms with Crippen molar-refractivity contribution in [3.05, 3.63) is 42.1 Å². The van der Waals surface area contributed by atoms with E-state index in [1.165, 1.54) is 0 Å². The molecule has 0 saturated heterocycles. The molecule has 0 aliphatic carbocycles. The van der Waals surface area contributed by atoms with Crippen LogP contribution in [0.5, 0.6) is 0 Å². The highest BCUT2D eigenvalue weighted by Crippen LogP contribution is 2.22. The predicted octanol–water partition coefficient (Wildman–Crippen LogP) is 2.66. The Labute approximate surface area is 147 Å². The van der Waals surface area contributed by atoms with Crippen LogP contribution in [0.15, 0.2) is 36.5 Å². The van der Waals surface area contributed by atoms with Crippen LogP contribution in [0.25, 0.3) is 5.69 Å². The number of nitrogens with zero attached hydrogens (tertiary/aromatic N) is 3. The van der Waals surface area contributed by atoms with Gasteiger partial charge in [-0.25, -0.2) is 4.68 Å². The zero-order chi connectivity index (χ0) is 17.5. The van der Waals surface area contributed by atoms with Crippen molar-refractivity contribution in [1.29, 1.82) is 0 Å². The van der Waals surface area contributed by atoms with E-state index in [9.17, 15) is 4.79 Å². The molecular formula is C17H23N5OS. The average molecular weight is 345 g/mol. The normalized spacial score (nSPS) is 10.3. The molecule has 2 aromatic rings. The molecule has 1 heterocycles. The topological polar surface area (TPSA) is 62.2 Å². The maximum atomic E-state index is 12.8. The van der Waals surface area contributed by atoms with Crippen molar-refractivity contribution in [2.45, 2.75) is 20.8 Å². The van der Waals surface area contributed by atoms with E-state index in [0.29, 0.717) is 36.1 Å².